The molecule has 1 aromatic rings. The van der Waals surface area contributed by atoms with Crippen molar-refractivity contribution < 1.29 is 31.8 Å². The van der Waals surface area contributed by atoms with Gasteiger partial charge in [-0.15, -0.1) is 0 Å². The molecule has 6 atom stereocenters. The summed E-state index contributed by atoms with van der Waals surface area (Å²) in [5.74, 6) is -0.611. The maximum absolute atomic E-state index is 13.0. The summed E-state index contributed by atoms with van der Waals surface area (Å²) in [6.45, 7) is 2.62. The van der Waals surface area contributed by atoms with Crippen molar-refractivity contribution in [2.75, 3.05) is 18.6 Å². The van der Waals surface area contributed by atoms with Crippen LogP contribution in [0.5, 0.6) is 5.75 Å². The van der Waals surface area contributed by atoms with Crippen molar-refractivity contribution in [3.63, 3.8) is 0 Å². The van der Waals surface area contributed by atoms with E-state index in [0.29, 0.717) is 40.1 Å². The van der Waals surface area contributed by atoms with Crippen LogP contribution in [-0.2, 0) is 4.74 Å². The molecule has 0 amide bonds. The number of ether oxygens (including phenoxy) is 1. The van der Waals surface area contributed by atoms with E-state index in [1.807, 2.05) is 19.2 Å². The molecule has 4 aliphatic rings. The Labute approximate surface area is 259 Å². The van der Waals surface area contributed by atoms with Crippen LogP contribution in [0.15, 0.2) is 18.2 Å². The minimum absolute atomic E-state index is 0.0404. The molecule has 4 aliphatic carbocycles. The van der Waals surface area contributed by atoms with E-state index in [1.165, 1.54) is 93.5 Å². The molecule has 0 bridgehead atoms. The maximum atomic E-state index is 13.0. The largest absolute Gasteiger partial charge is 0.508 e. The highest BCUT2D eigenvalue weighted by Crippen LogP contribution is 2.77. The molecule has 2 nitrogen and oxygen atoms in total. The molecule has 0 heterocycles. The van der Waals surface area contributed by atoms with Crippen molar-refractivity contribution in [1.82, 2.24) is 0 Å². The molecule has 5 rings (SSSR count). The molecule has 3 fully saturated rings. The number of phenols is 1. The number of hydrogen-bond acceptors (Lipinski definition) is 3. The number of hydrogen-bond donors (Lipinski definition) is 1. The molecular weight excluding hydrogens is 579 g/mol. The van der Waals surface area contributed by atoms with Crippen molar-refractivity contribution in [2.45, 2.75) is 134 Å². The van der Waals surface area contributed by atoms with Gasteiger partial charge in [-0.25, -0.2) is 0 Å². The standard InChI is InChI=1S/C35H51F5O2S/c1-32-17-14-26-25-13-12-24(41)23-28(25)31(42-2)27(30(26)29(32)15-18-33(32)19-20-33)11-8-6-4-3-5-7-9-21-43-22-10-16-34(36,37)35(38,39)40/h12-13,23,26-27,29-31,41H,3-11,14-22H2,1-2H3/t26?,27-,29?,30?,31+,32-/m0/s1. The summed E-state index contributed by atoms with van der Waals surface area (Å²) in [6.07, 6.45) is 10.7. The lowest BCUT2D eigenvalue weighted by Gasteiger charge is -2.55. The van der Waals surface area contributed by atoms with Crippen LogP contribution in [0.25, 0.3) is 0 Å². The zero-order chi connectivity index (χ0) is 30.9. The molecule has 1 N–H and O–H groups in total. The predicted molar refractivity (Wildman–Crippen MR) is 164 cm³/mol. The Bertz CT molecular complexity index is 1070. The lowest BCUT2D eigenvalue weighted by Crippen LogP contribution is -2.47. The third kappa shape index (κ3) is 6.76. The van der Waals surface area contributed by atoms with E-state index in [9.17, 15) is 27.1 Å². The molecule has 1 spiro atoms. The summed E-state index contributed by atoms with van der Waals surface area (Å²) < 4.78 is 68.9. The van der Waals surface area contributed by atoms with Gasteiger partial charge in [0.05, 0.1) is 6.10 Å². The van der Waals surface area contributed by atoms with Gasteiger partial charge in [0.1, 0.15) is 5.75 Å². The fourth-order valence-electron chi connectivity index (χ4n) is 9.69. The van der Waals surface area contributed by atoms with Crippen LogP contribution in [0.4, 0.5) is 22.0 Å². The Balaban J connectivity index is 1.06. The smallest absolute Gasteiger partial charge is 0.453 e. The van der Waals surface area contributed by atoms with Gasteiger partial charge in [0.15, 0.2) is 0 Å². The number of benzene rings is 1. The SMILES string of the molecule is CO[C@H]1c2cc(O)ccc2C2CC[C@@]3(C)C(CCC34CC4)C2[C@@H]1CCCCCCCCCSCCCC(F)(F)C(F)(F)F. The van der Waals surface area contributed by atoms with Crippen molar-refractivity contribution in [2.24, 2.45) is 28.6 Å². The van der Waals surface area contributed by atoms with Crippen LogP contribution in [0.1, 0.15) is 133 Å². The van der Waals surface area contributed by atoms with E-state index < -0.39 is 18.5 Å². The fourth-order valence-corrected chi connectivity index (χ4v) is 10.7. The number of unbranched alkanes of at least 4 members (excludes halogenated alkanes) is 6. The molecule has 8 heteroatoms. The van der Waals surface area contributed by atoms with Gasteiger partial charge < -0.3 is 9.84 Å². The van der Waals surface area contributed by atoms with Gasteiger partial charge in [-0.05, 0) is 127 Å². The molecule has 0 aliphatic heterocycles. The van der Waals surface area contributed by atoms with Crippen molar-refractivity contribution >= 4 is 11.8 Å². The zero-order valence-electron chi connectivity index (χ0n) is 26.0. The van der Waals surface area contributed by atoms with E-state index >= 15 is 0 Å². The summed E-state index contributed by atoms with van der Waals surface area (Å²) >= 11 is 1.48. The third-order valence-corrected chi connectivity index (χ3v) is 13.3. The van der Waals surface area contributed by atoms with Gasteiger partial charge in [0.2, 0.25) is 0 Å². The first-order valence-corrected chi connectivity index (χ1v) is 18.0. The number of rotatable bonds is 15. The summed E-state index contributed by atoms with van der Waals surface area (Å²) in [4.78, 5) is 0. The minimum Gasteiger partial charge on any atom is -0.508 e. The molecule has 0 saturated heterocycles. The molecule has 0 aromatic heterocycles. The number of aromatic hydroxyl groups is 1. The van der Waals surface area contributed by atoms with Crippen molar-refractivity contribution in [3.8, 4) is 5.75 Å². The number of phenolic OH excluding ortho intramolecular Hbond substituents is 1. The summed E-state index contributed by atoms with van der Waals surface area (Å²) in [5.41, 5.74) is 3.70. The second-order valence-corrected chi connectivity index (χ2v) is 15.6. The van der Waals surface area contributed by atoms with Gasteiger partial charge >= 0.3 is 12.1 Å². The fraction of sp³-hybridized carbons (Fsp3) is 0.829. The van der Waals surface area contributed by atoms with Gasteiger partial charge in [-0.1, -0.05) is 51.5 Å². The van der Waals surface area contributed by atoms with Crippen LogP contribution in [0.2, 0.25) is 0 Å². The maximum Gasteiger partial charge on any atom is 0.453 e. The Morgan fingerprint density at radius 3 is 2.21 bits per heavy atom. The molecular formula is C35H51F5O2S. The van der Waals surface area contributed by atoms with Gasteiger partial charge in [0, 0.05) is 13.5 Å². The van der Waals surface area contributed by atoms with E-state index in [2.05, 4.69) is 13.0 Å². The number of halogens is 5. The quantitative estimate of drug-likeness (QED) is 0.154. The van der Waals surface area contributed by atoms with Crippen LogP contribution in [0, 0.1) is 28.6 Å². The molecule has 3 unspecified atom stereocenters. The van der Waals surface area contributed by atoms with E-state index in [-0.39, 0.29) is 12.5 Å². The average Bonchev–Trinajstić information content (AvgIpc) is 3.69. The second-order valence-electron chi connectivity index (χ2n) is 14.4. The van der Waals surface area contributed by atoms with Crippen molar-refractivity contribution in [1.29, 1.82) is 0 Å². The van der Waals surface area contributed by atoms with Gasteiger partial charge in [-0.3, -0.25) is 0 Å². The predicted octanol–water partition coefficient (Wildman–Crippen LogP) is 11.2. The van der Waals surface area contributed by atoms with Gasteiger partial charge in [-0.2, -0.15) is 33.7 Å². The molecule has 244 valence electrons. The normalized spacial score (nSPS) is 31.1. The first kappa shape index (κ1) is 33.3. The monoisotopic (exact) mass is 630 g/mol. The molecule has 3 saturated carbocycles. The Morgan fingerprint density at radius 2 is 1.53 bits per heavy atom. The average molecular weight is 631 g/mol. The van der Waals surface area contributed by atoms with E-state index in [4.69, 9.17) is 4.74 Å². The van der Waals surface area contributed by atoms with E-state index in [1.54, 1.807) is 0 Å². The molecule has 43 heavy (non-hydrogen) atoms. The summed E-state index contributed by atoms with van der Waals surface area (Å²) in [6, 6.07) is 6.01. The summed E-state index contributed by atoms with van der Waals surface area (Å²) in [7, 11) is 1.85. The highest BCUT2D eigenvalue weighted by molar-refractivity contribution is 7.99. The first-order valence-electron chi connectivity index (χ1n) is 16.8. The molecule has 1 aromatic carbocycles. The second kappa shape index (κ2) is 13.4. The topological polar surface area (TPSA) is 29.5 Å². The number of methoxy groups -OCH3 is 1. The Morgan fingerprint density at radius 1 is 0.860 bits per heavy atom. The van der Waals surface area contributed by atoms with Crippen LogP contribution in [0.3, 0.4) is 0 Å². The highest BCUT2D eigenvalue weighted by Gasteiger charge is 2.67. The van der Waals surface area contributed by atoms with Crippen molar-refractivity contribution in [3.05, 3.63) is 29.3 Å². The highest BCUT2D eigenvalue weighted by atomic mass is 32.2. The number of thioether (sulfide) groups is 1. The zero-order valence-corrected chi connectivity index (χ0v) is 26.8. The van der Waals surface area contributed by atoms with Crippen LogP contribution >= 0.6 is 11.8 Å². The lowest BCUT2D eigenvalue weighted by molar-refractivity contribution is -0.284. The Hall–Kier alpha value is -1.02. The summed E-state index contributed by atoms with van der Waals surface area (Å²) in [5, 5.41) is 10.4. The Kier molecular flexibility index (Phi) is 10.4. The number of fused-ring (bicyclic) bond motifs is 6. The van der Waals surface area contributed by atoms with Crippen LogP contribution in [-0.4, -0.2) is 35.8 Å². The third-order valence-electron chi connectivity index (χ3n) is 12.2. The molecule has 0 radical (unpaired) electrons. The lowest BCUT2D eigenvalue weighted by atomic mass is 9.50. The number of alkyl halides is 5. The van der Waals surface area contributed by atoms with E-state index in [0.717, 1.165) is 30.9 Å². The van der Waals surface area contributed by atoms with Gasteiger partial charge in [0.25, 0.3) is 0 Å². The minimum atomic E-state index is -5.44. The van der Waals surface area contributed by atoms with Crippen LogP contribution < -0.4 is 0 Å². The first-order chi connectivity index (χ1) is 20.4.